The van der Waals surface area contributed by atoms with Crippen LogP contribution in [0, 0.1) is 5.41 Å². The number of nitrogens with two attached hydrogens (primary N) is 1. The first-order chi connectivity index (χ1) is 7.07. The van der Waals surface area contributed by atoms with E-state index < -0.39 is 0 Å². The summed E-state index contributed by atoms with van der Waals surface area (Å²) in [6.45, 7) is 5.23. The van der Waals surface area contributed by atoms with E-state index in [9.17, 15) is 4.79 Å². The molecule has 1 amide bonds. The number of hydrogen-bond donors (Lipinski definition) is 2. The fourth-order valence-corrected chi connectivity index (χ4v) is 2.40. The van der Waals surface area contributed by atoms with Crippen molar-refractivity contribution in [3.05, 3.63) is 0 Å². The summed E-state index contributed by atoms with van der Waals surface area (Å²) < 4.78 is 0. The maximum absolute atomic E-state index is 11.1. The van der Waals surface area contributed by atoms with Crippen molar-refractivity contribution in [3.8, 4) is 0 Å². The Kier molecular flexibility index (Phi) is 4.58. The van der Waals surface area contributed by atoms with Crippen LogP contribution in [0.1, 0.15) is 52.4 Å². The number of amides is 1. The lowest BCUT2D eigenvalue weighted by Gasteiger charge is -2.34. The lowest BCUT2D eigenvalue weighted by atomic mass is 9.75. The number of carbonyl (C=O) groups is 1. The minimum atomic E-state index is -0.225. The molecule has 1 aliphatic carbocycles. The lowest BCUT2D eigenvalue weighted by molar-refractivity contribution is -0.120. The molecular weight excluding hydrogens is 188 g/mol. The number of hydrogen-bond acceptors (Lipinski definition) is 2. The third-order valence-electron chi connectivity index (χ3n) is 3.59. The normalized spacial score (nSPS) is 22.3. The molecule has 88 valence electrons. The Morgan fingerprint density at radius 3 is 2.47 bits per heavy atom. The van der Waals surface area contributed by atoms with Gasteiger partial charge in [-0.25, -0.2) is 0 Å². The van der Waals surface area contributed by atoms with Gasteiger partial charge in [0.2, 0.25) is 5.91 Å². The molecular formula is C12H24N2O. The van der Waals surface area contributed by atoms with Crippen molar-refractivity contribution in [2.24, 2.45) is 11.1 Å². The van der Waals surface area contributed by atoms with Gasteiger partial charge in [0.25, 0.3) is 0 Å². The molecule has 0 aromatic heterocycles. The van der Waals surface area contributed by atoms with Gasteiger partial charge in [-0.1, -0.05) is 33.1 Å². The zero-order valence-electron chi connectivity index (χ0n) is 10.0. The molecule has 0 aromatic carbocycles. The first kappa shape index (κ1) is 12.5. The van der Waals surface area contributed by atoms with E-state index >= 15 is 0 Å². The Morgan fingerprint density at radius 2 is 2.00 bits per heavy atom. The number of primary amides is 1. The minimum Gasteiger partial charge on any atom is -0.368 e. The van der Waals surface area contributed by atoms with Crippen LogP contribution in [0.25, 0.3) is 0 Å². The molecule has 0 heterocycles. The van der Waals surface area contributed by atoms with Gasteiger partial charge in [-0.05, 0) is 24.7 Å². The van der Waals surface area contributed by atoms with E-state index in [1.807, 2.05) is 6.92 Å². The van der Waals surface area contributed by atoms with Gasteiger partial charge in [-0.15, -0.1) is 0 Å². The standard InChI is InChI=1S/C12H24N2O/c1-3-10(11(13)15)14-9-12(2)7-5-4-6-8-12/h10,14H,3-9H2,1-2H3,(H2,13,15). The topological polar surface area (TPSA) is 55.1 Å². The van der Waals surface area contributed by atoms with Crippen molar-refractivity contribution < 1.29 is 4.79 Å². The van der Waals surface area contributed by atoms with E-state index in [0.717, 1.165) is 13.0 Å². The second kappa shape index (κ2) is 5.50. The van der Waals surface area contributed by atoms with Gasteiger partial charge >= 0.3 is 0 Å². The maximum atomic E-state index is 11.1. The fourth-order valence-electron chi connectivity index (χ4n) is 2.40. The van der Waals surface area contributed by atoms with Gasteiger partial charge in [0.05, 0.1) is 6.04 Å². The Bertz CT molecular complexity index is 210. The van der Waals surface area contributed by atoms with E-state index in [0.29, 0.717) is 5.41 Å². The number of carbonyl (C=O) groups excluding carboxylic acids is 1. The largest absolute Gasteiger partial charge is 0.368 e. The van der Waals surface area contributed by atoms with Gasteiger partial charge < -0.3 is 11.1 Å². The molecule has 0 radical (unpaired) electrons. The van der Waals surface area contributed by atoms with Crippen LogP contribution in [-0.4, -0.2) is 18.5 Å². The van der Waals surface area contributed by atoms with Crippen molar-refractivity contribution in [2.75, 3.05) is 6.54 Å². The smallest absolute Gasteiger partial charge is 0.234 e. The zero-order chi connectivity index (χ0) is 11.3. The van der Waals surface area contributed by atoms with Crippen LogP contribution in [0.3, 0.4) is 0 Å². The molecule has 3 heteroatoms. The Morgan fingerprint density at radius 1 is 1.40 bits per heavy atom. The van der Waals surface area contributed by atoms with E-state index in [1.165, 1.54) is 32.1 Å². The molecule has 0 bridgehead atoms. The SMILES string of the molecule is CCC(NCC1(C)CCCCC1)C(N)=O. The molecule has 1 saturated carbocycles. The zero-order valence-corrected chi connectivity index (χ0v) is 10.0. The van der Waals surface area contributed by atoms with E-state index in [4.69, 9.17) is 5.73 Å². The summed E-state index contributed by atoms with van der Waals surface area (Å²) in [6, 6.07) is -0.149. The summed E-state index contributed by atoms with van der Waals surface area (Å²) in [5.74, 6) is -0.225. The average molecular weight is 212 g/mol. The summed E-state index contributed by atoms with van der Waals surface area (Å²) >= 11 is 0. The predicted octanol–water partition coefficient (Wildman–Crippen LogP) is 1.81. The number of rotatable bonds is 5. The second-order valence-corrected chi connectivity index (χ2v) is 5.12. The third-order valence-corrected chi connectivity index (χ3v) is 3.59. The molecule has 1 aliphatic rings. The molecule has 1 atom stereocenters. The Labute approximate surface area is 92.8 Å². The summed E-state index contributed by atoms with van der Waals surface area (Å²) in [4.78, 5) is 11.1. The van der Waals surface area contributed by atoms with Crippen LogP contribution in [0.15, 0.2) is 0 Å². The van der Waals surface area contributed by atoms with Gasteiger partial charge in [0, 0.05) is 6.54 Å². The second-order valence-electron chi connectivity index (χ2n) is 5.12. The lowest BCUT2D eigenvalue weighted by Crippen LogP contribution is -2.45. The predicted molar refractivity (Wildman–Crippen MR) is 62.5 cm³/mol. The molecule has 3 nitrogen and oxygen atoms in total. The molecule has 0 spiro atoms. The summed E-state index contributed by atoms with van der Waals surface area (Å²) in [5, 5.41) is 3.30. The monoisotopic (exact) mass is 212 g/mol. The molecule has 0 saturated heterocycles. The van der Waals surface area contributed by atoms with E-state index in [2.05, 4.69) is 12.2 Å². The minimum absolute atomic E-state index is 0.149. The molecule has 1 unspecified atom stereocenters. The van der Waals surface area contributed by atoms with Crippen molar-refractivity contribution in [2.45, 2.75) is 58.4 Å². The van der Waals surface area contributed by atoms with Crippen molar-refractivity contribution in [1.29, 1.82) is 0 Å². The molecule has 0 aliphatic heterocycles. The highest BCUT2D eigenvalue weighted by molar-refractivity contribution is 5.79. The van der Waals surface area contributed by atoms with Crippen molar-refractivity contribution in [1.82, 2.24) is 5.32 Å². The molecule has 1 fully saturated rings. The Hall–Kier alpha value is -0.570. The van der Waals surface area contributed by atoms with Crippen molar-refractivity contribution in [3.63, 3.8) is 0 Å². The maximum Gasteiger partial charge on any atom is 0.234 e. The highest BCUT2D eigenvalue weighted by Gasteiger charge is 2.27. The quantitative estimate of drug-likeness (QED) is 0.730. The van der Waals surface area contributed by atoms with Gasteiger partial charge in [-0.3, -0.25) is 4.79 Å². The highest BCUT2D eigenvalue weighted by Crippen LogP contribution is 2.34. The van der Waals surface area contributed by atoms with Gasteiger partial charge in [-0.2, -0.15) is 0 Å². The summed E-state index contributed by atoms with van der Waals surface area (Å²) in [5.41, 5.74) is 5.68. The van der Waals surface area contributed by atoms with Crippen LogP contribution >= 0.6 is 0 Å². The first-order valence-electron chi connectivity index (χ1n) is 6.10. The van der Waals surface area contributed by atoms with Gasteiger partial charge in [0.15, 0.2) is 0 Å². The molecule has 3 N–H and O–H groups in total. The molecule has 0 aromatic rings. The van der Waals surface area contributed by atoms with Crippen LogP contribution < -0.4 is 11.1 Å². The number of nitrogens with one attached hydrogen (secondary N) is 1. The molecule has 15 heavy (non-hydrogen) atoms. The highest BCUT2D eigenvalue weighted by atomic mass is 16.1. The summed E-state index contributed by atoms with van der Waals surface area (Å²) in [6.07, 6.45) is 7.34. The molecule has 1 rings (SSSR count). The summed E-state index contributed by atoms with van der Waals surface area (Å²) in [7, 11) is 0. The van der Waals surface area contributed by atoms with Crippen LogP contribution in [0.5, 0.6) is 0 Å². The van der Waals surface area contributed by atoms with Crippen LogP contribution in [-0.2, 0) is 4.79 Å². The Balaban J connectivity index is 2.36. The fraction of sp³-hybridized carbons (Fsp3) is 0.917. The first-order valence-corrected chi connectivity index (χ1v) is 6.10. The van der Waals surface area contributed by atoms with Gasteiger partial charge in [0.1, 0.15) is 0 Å². The van der Waals surface area contributed by atoms with E-state index in [-0.39, 0.29) is 11.9 Å². The van der Waals surface area contributed by atoms with E-state index in [1.54, 1.807) is 0 Å². The third kappa shape index (κ3) is 3.82. The van der Waals surface area contributed by atoms with Crippen LogP contribution in [0.4, 0.5) is 0 Å². The average Bonchev–Trinajstić information content (AvgIpc) is 2.19. The van der Waals surface area contributed by atoms with Crippen molar-refractivity contribution >= 4 is 5.91 Å². The van der Waals surface area contributed by atoms with Crippen LogP contribution in [0.2, 0.25) is 0 Å².